The van der Waals surface area contributed by atoms with E-state index in [0.29, 0.717) is 11.6 Å². The van der Waals surface area contributed by atoms with Gasteiger partial charge in [-0.05, 0) is 56.6 Å². The van der Waals surface area contributed by atoms with Crippen LogP contribution in [0.25, 0.3) is 0 Å². The average Bonchev–Trinajstić information content (AvgIpc) is 2.67. The molecule has 0 aliphatic carbocycles. The molecule has 0 radical (unpaired) electrons. The number of carbonyl (C=O) groups is 1. The van der Waals surface area contributed by atoms with Crippen LogP contribution in [0.1, 0.15) is 45.9 Å². The minimum Gasteiger partial charge on any atom is -0.466 e. The molecule has 0 fully saturated rings. The predicted molar refractivity (Wildman–Crippen MR) is 96.7 cm³/mol. The maximum atomic E-state index is 12.5. The first kappa shape index (κ1) is 20.1. The van der Waals surface area contributed by atoms with Crippen LogP contribution in [-0.4, -0.2) is 21.5 Å². The summed E-state index contributed by atoms with van der Waals surface area (Å²) in [6.45, 7) is 9.48. The van der Waals surface area contributed by atoms with Gasteiger partial charge in [-0.15, -0.1) is 11.3 Å². The molecule has 0 unspecified atom stereocenters. The summed E-state index contributed by atoms with van der Waals surface area (Å²) in [7, 11) is -1.35. The Labute approximate surface area is 151 Å². The van der Waals surface area contributed by atoms with E-state index in [2.05, 4.69) is 20.7 Å². The van der Waals surface area contributed by atoms with Crippen LogP contribution >= 0.6 is 38.9 Å². The van der Waals surface area contributed by atoms with Gasteiger partial charge in [0.15, 0.2) is 0 Å². The second-order valence-corrected chi connectivity index (χ2v) is 10.8. The number of carbonyl (C=O) groups excluding carboxylic acids is 1. The number of nitrogens with one attached hydrogen (secondary N) is 1. The van der Waals surface area contributed by atoms with Crippen LogP contribution in [0.15, 0.2) is 9.85 Å². The topological polar surface area (TPSA) is 55.4 Å². The number of ether oxygens (including phenoxy) is 1. The standard InChI is InChI=1S/C14H21BrClNO3S2/c1-6-20-11(18)8-14(5,17-22(19)13(2,3)4)12-9(16)7-10(15)21-12/h7,17H,6,8H2,1-5H3/t14-,22+/m0/s1. The van der Waals surface area contributed by atoms with Crippen LogP contribution in [-0.2, 0) is 26.1 Å². The fraction of sp³-hybridized carbons (Fsp3) is 0.643. The number of esters is 1. The van der Waals surface area contributed by atoms with E-state index in [4.69, 9.17) is 16.3 Å². The highest BCUT2D eigenvalue weighted by atomic mass is 79.9. The fourth-order valence-corrected chi connectivity index (χ4v) is 4.91. The molecule has 0 spiro atoms. The smallest absolute Gasteiger partial charge is 0.308 e. The number of hydrogen-bond donors (Lipinski definition) is 1. The number of hydrogen-bond acceptors (Lipinski definition) is 4. The molecule has 1 N–H and O–H groups in total. The van der Waals surface area contributed by atoms with Gasteiger partial charge in [0.25, 0.3) is 0 Å². The molecule has 1 aromatic heterocycles. The van der Waals surface area contributed by atoms with Crippen LogP contribution in [0.4, 0.5) is 0 Å². The van der Waals surface area contributed by atoms with Gasteiger partial charge in [-0.1, -0.05) is 11.6 Å². The van der Waals surface area contributed by atoms with Crippen molar-refractivity contribution in [3.8, 4) is 0 Å². The Morgan fingerprint density at radius 2 is 2.05 bits per heavy atom. The molecule has 1 heterocycles. The van der Waals surface area contributed by atoms with E-state index in [1.165, 1.54) is 11.3 Å². The lowest BCUT2D eigenvalue weighted by atomic mass is 9.97. The van der Waals surface area contributed by atoms with Gasteiger partial charge >= 0.3 is 5.97 Å². The van der Waals surface area contributed by atoms with E-state index in [9.17, 15) is 9.00 Å². The van der Waals surface area contributed by atoms with Gasteiger partial charge in [-0.2, -0.15) is 0 Å². The predicted octanol–water partition coefficient (Wildman–Crippen LogP) is 4.38. The van der Waals surface area contributed by atoms with Crippen molar-refractivity contribution in [2.45, 2.75) is 51.3 Å². The average molecular weight is 431 g/mol. The first-order chi connectivity index (χ1) is 9.99. The van der Waals surface area contributed by atoms with E-state index in [1.807, 2.05) is 27.7 Å². The summed E-state index contributed by atoms with van der Waals surface area (Å²) < 4.78 is 21.0. The summed E-state index contributed by atoms with van der Waals surface area (Å²) in [5, 5.41) is 0.530. The molecule has 1 rings (SSSR count). The first-order valence-corrected chi connectivity index (χ1v) is 9.94. The van der Waals surface area contributed by atoms with Crippen molar-refractivity contribution in [3.63, 3.8) is 0 Å². The number of halogens is 2. The lowest BCUT2D eigenvalue weighted by molar-refractivity contribution is -0.144. The zero-order valence-corrected chi connectivity index (χ0v) is 17.3. The molecule has 0 aliphatic heterocycles. The van der Waals surface area contributed by atoms with Crippen molar-refractivity contribution < 1.29 is 13.7 Å². The highest BCUT2D eigenvalue weighted by Gasteiger charge is 2.38. The van der Waals surface area contributed by atoms with Gasteiger partial charge in [-0.3, -0.25) is 4.79 Å². The van der Waals surface area contributed by atoms with Crippen LogP contribution in [0.3, 0.4) is 0 Å². The molecule has 0 bridgehead atoms. The molecule has 22 heavy (non-hydrogen) atoms. The molecule has 8 heteroatoms. The summed E-state index contributed by atoms with van der Waals surface area (Å²) in [6, 6.07) is 1.77. The minimum atomic E-state index is -1.35. The zero-order valence-electron chi connectivity index (χ0n) is 13.3. The summed E-state index contributed by atoms with van der Waals surface area (Å²) in [4.78, 5) is 12.7. The molecule has 0 aromatic carbocycles. The largest absolute Gasteiger partial charge is 0.466 e. The number of rotatable bonds is 6. The van der Waals surface area contributed by atoms with Crippen molar-refractivity contribution in [3.05, 3.63) is 19.8 Å². The zero-order chi connectivity index (χ0) is 17.1. The fourth-order valence-electron chi connectivity index (χ4n) is 1.74. The van der Waals surface area contributed by atoms with Crippen LogP contribution in [0, 0.1) is 0 Å². The Morgan fingerprint density at radius 3 is 2.45 bits per heavy atom. The van der Waals surface area contributed by atoms with Gasteiger partial charge in [-0.25, -0.2) is 8.93 Å². The third-order valence-corrected chi connectivity index (χ3v) is 6.90. The lowest BCUT2D eigenvalue weighted by Gasteiger charge is -2.32. The second-order valence-electron chi connectivity index (χ2n) is 6.02. The summed E-state index contributed by atoms with van der Waals surface area (Å²) in [5.74, 6) is -0.357. The molecule has 0 amide bonds. The minimum absolute atomic E-state index is 0.0509. The van der Waals surface area contributed by atoms with Gasteiger partial charge < -0.3 is 4.74 Å². The van der Waals surface area contributed by atoms with Gasteiger partial charge in [0.2, 0.25) is 0 Å². The van der Waals surface area contributed by atoms with Gasteiger partial charge in [0, 0.05) is 4.88 Å². The Kier molecular flexibility index (Phi) is 7.08. The maximum Gasteiger partial charge on any atom is 0.308 e. The van der Waals surface area contributed by atoms with Crippen molar-refractivity contribution in [2.24, 2.45) is 0 Å². The van der Waals surface area contributed by atoms with E-state index >= 15 is 0 Å². The Bertz CT molecular complexity index is 571. The molecular weight excluding hydrogens is 410 g/mol. The molecule has 0 saturated carbocycles. The molecule has 0 aliphatic rings. The quantitative estimate of drug-likeness (QED) is 0.681. The SMILES string of the molecule is CCOC(=O)C[C@](C)(N[S@](=O)C(C)(C)C)c1sc(Br)cc1Cl. The molecular formula is C14H21BrClNO3S2. The summed E-state index contributed by atoms with van der Waals surface area (Å²) in [6.07, 6.45) is 0.0509. The van der Waals surface area contributed by atoms with Crippen molar-refractivity contribution >= 4 is 55.8 Å². The second kappa shape index (κ2) is 7.75. The molecule has 0 saturated heterocycles. The van der Waals surface area contributed by atoms with E-state index in [-0.39, 0.29) is 12.4 Å². The van der Waals surface area contributed by atoms with E-state index in [0.717, 1.165) is 8.66 Å². The normalized spacial score (nSPS) is 16.1. The maximum absolute atomic E-state index is 12.5. The highest BCUT2D eigenvalue weighted by Crippen LogP contribution is 2.40. The van der Waals surface area contributed by atoms with Crippen molar-refractivity contribution in [1.29, 1.82) is 0 Å². The van der Waals surface area contributed by atoms with E-state index < -0.39 is 21.3 Å². The first-order valence-electron chi connectivity index (χ1n) is 6.80. The Balaban J connectivity index is 3.17. The molecule has 1 aromatic rings. The summed E-state index contributed by atoms with van der Waals surface area (Å²) >= 11 is 11.1. The Hall–Kier alpha value is 0.0500. The Morgan fingerprint density at radius 1 is 1.45 bits per heavy atom. The third-order valence-electron chi connectivity index (χ3n) is 2.84. The highest BCUT2D eigenvalue weighted by molar-refractivity contribution is 9.11. The lowest BCUT2D eigenvalue weighted by Crippen LogP contribution is -2.47. The van der Waals surface area contributed by atoms with Crippen LogP contribution < -0.4 is 4.72 Å². The van der Waals surface area contributed by atoms with Crippen molar-refractivity contribution in [2.75, 3.05) is 6.61 Å². The van der Waals surface area contributed by atoms with Crippen LogP contribution in [0.2, 0.25) is 5.02 Å². The third kappa shape index (κ3) is 5.30. The van der Waals surface area contributed by atoms with Crippen molar-refractivity contribution in [1.82, 2.24) is 4.72 Å². The van der Waals surface area contributed by atoms with E-state index in [1.54, 1.807) is 13.0 Å². The molecule has 4 nitrogen and oxygen atoms in total. The van der Waals surface area contributed by atoms with Gasteiger partial charge in [0.05, 0.1) is 43.1 Å². The molecule has 126 valence electrons. The monoisotopic (exact) mass is 429 g/mol. The van der Waals surface area contributed by atoms with Crippen LogP contribution in [0.5, 0.6) is 0 Å². The molecule has 2 atom stereocenters. The van der Waals surface area contributed by atoms with Gasteiger partial charge in [0.1, 0.15) is 0 Å². The summed E-state index contributed by atoms with van der Waals surface area (Å²) in [5.41, 5.74) is -0.863. The number of thiophene rings is 1.